The summed E-state index contributed by atoms with van der Waals surface area (Å²) in [5.41, 5.74) is 1.11. The molecule has 1 aromatic rings. The highest BCUT2D eigenvalue weighted by atomic mass is 16.2. The Morgan fingerprint density at radius 2 is 2.10 bits per heavy atom. The lowest BCUT2D eigenvalue weighted by atomic mass is 9.88. The van der Waals surface area contributed by atoms with Gasteiger partial charge < -0.3 is 4.90 Å². The summed E-state index contributed by atoms with van der Waals surface area (Å²) in [6.45, 7) is 9.21. The number of carbonyl (C=O) groups is 1. The monoisotopic (exact) mass is 290 g/mol. The first-order valence-electron chi connectivity index (χ1n) is 7.75. The molecule has 1 aliphatic heterocycles. The summed E-state index contributed by atoms with van der Waals surface area (Å²) in [5.74, 6) is 0.569. The fraction of sp³-hybridized carbons (Fsp3) is 0.688. The summed E-state index contributed by atoms with van der Waals surface area (Å²) in [7, 11) is 0. The van der Waals surface area contributed by atoms with Crippen LogP contribution in [0.1, 0.15) is 51.6 Å². The van der Waals surface area contributed by atoms with Gasteiger partial charge in [-0.3, -0.25) is 9.48 Å². The molecule has 116 valence electrons. The van der Waals surface area contributed by atoms with Gasteiger partial charge in [-0.15, -0.1) is 0 Å². The topological polar surface area (TPSA) is 61.9 Å². The van der Waals surface area contributed by atoms with Crippen molar-refractivity contribution in [3.63, 3.8) is 0 Å². The Hall–Kier alpha value is -1.83. The van der Waals surface area contributed by atoms with Crippen molar-refractivity contribution in [3.8, 4) is 6.07 Å². The van der Waals surface area contributed by atoms with E-state index in [1.165, 1.54) is 0 Å². The van der Waals surface area contributed by atoms with Crippen LogP contribution >= 0.6 is 0 Å². The van der Waals surface area contributed by atoms with Crippen molar-refractivity contribution in [3.05, 3.63) is 18.0 Å². The standard InChI is InChI=1S/C14H20N4O.C2H6/c1-11-9-16-18(10-11)14(3-6-15)13-4-7-17(8-5-13)12(2)19;1-2/h9-10,13-14H,3-5,7-8H2,1-2H3;1-2H3. The maximum Gasteiger partial charge on any atom is 0.219 e. The van der Waals surface area contributed by atoms with E-state index in [0.29, 0.717) is 12.3 Å². The van der Waals surface area contributed by atoms with E-state index in [4.69, 9.17) is 5.26 Å². The molecule has 0 bridgehead atoms. The predicted octanol–water partition coefficient (Wildman–Crippen LogP) is 2.93. The maximum absolute atomic E-state index is 11.3. The number of aryl methyl sites for hydroxylation is 1. The number of nitriles is 1. The van der Waals surface area contributed by atoms with Gasteiger partial charge in [-0.25, -0.2) is 0 Å². The van der Waals surface area contributed by atoms with Crippen LogP contribution in [0.4, 0.5) is 0 Å². The van der Waals surface area contributed by atoms with Gasteiger partial charge in [-0.05, 0) is 31.2 Å². The van der Waals surface area contributed by atoms with Gasteiger partial charge in [0.1, 0.15) is 0 Å². The largest absolute Gasteiger partial charge is 0.343 e. The van der Waals surface area contributed by atoms with Crippen molar-refractivity contribution < 1.29 is 4.79 Å². The SMILES string of the molecule is CC.CC(=O)N1CCC(C(CC#N)n2cc(C)cn2)CC1. The molecule has 5 nitrogen and oxygen atoms in total. The Morgan fingerprint density at radius 3 is 2.52 bits per heavy atom. The summed E-state index contributed by atoms with van der Waals surface area (Å²) in [6, 6.07) is 2.40. The van der Waals surface area contributed by atoms with Gasteiger partial charge in [-0.2, -0.15) is 10.4 Å². The molecule has 0 N–H and O–H groups in total. The average molecular weight is 290 g/mol. The van der Waals surface area contributed by atoms with Gasteiger partial charge in [0.25, 0.3) is 0 Å². The molecular formula is C16H26N4O. The van der Waals surface area contributed by atoms with Crippen LogP contribution in [-0.4, -0.2) is 33.7 Å². The van der Waals surface area contributed by atoms with Crippen LogP contribution in [0.25, 0.3) is 0 Å². The molecule has 1 fully saturated rings. The van der Waals surface area contributed by atoms with E-state index < -0.39 is 0 Å². The Morgan fingerprint density at radius 1 is 1.48 bits per heavy atom. The van der Waals surface area contributed by atoms with E-state index in [0.717, 1.165) is 31.5 Å². The molecular weight excluding hydrogens is 264 g/mol. The highest BCUT2D eigenvalue weighted by molar-refractivity contribution is 5.73. The van der Waals surface area contributed by atoms with Crippen molar-refractivity contribution in [2.24, 2.45) is 5.92 Å². The second-order valence-electron chi connectivity index (χ2n) is 5.27. The molecule has 21 heavy (non-hydrogen) atoms. The molecule has 0 spiro atoms. The molecule has 1 aliphatic rings. The van der Waals surface area contributed by atoms with Gasteiger partial charge >= 0.3 is 0 Å². The number of amides is 1. The number of hydrogen-bond acceptors (Lipinski definition) is 3. The first-order valence-corrected chi connectivity index (χ1v) is 7.75. The Labute approximate surface area is 127 Å². The number of nitrogens with zero attached hydrogens (tertiary/aromatic N) is 4. The summed E-state index contributed by atoms with van der Waals surface area (Å²) < 4.78 is 1.92. The number of piperidine rings is 1. The zero-order chi connectivity index (χ0) is 15.8. The van der Waals surface area contributed by atoms with Crippen molar-refractivity contribution in [2.45, 2.75) is 53.0 Å². The van der Waals surface area contributed by atoms with Crippen LogP contribution in [0, 0.1) is 24.2 Å². The molecule has 2 heterocycles. The smallest absolute Gasteiger partial charge is 0.219 e. The third-order valence-corrected chi connectivity index (χ3v) is 3.90. The fourth-order valence-electron chi connectivity index (χ4n) is 2.78. The second kappa shape index (κ2) is 8.46. The van der Waals surface area contributed by atoms with E-state index in [2.05, 4.69) is 11.2 Å². The van der Waals surface area contributed by atoms with Crippen LogP contribution < -0.4 is 0 Å². The van der Waals surface area contributed by atoms with Crippen molar-refractivity contribution in [1.29, 1.82) is 5.26 Å². The van der Waals surface area contributed by atoms with E-state index in [1.807, 2.05) is 42.7 Å². The molecule has 0 radical (unpaired) electrons. The highest BCUT2D eigenvalue weighted by Gasteiger charge is 2.28. The molecule has 2 rings (SSSR count). The number of aromatic nitrogens is 2. The molecule has 5 heteroatoms. The first kappa shape index (κ1) is 17.2. The molecule has 0 saturated carbocycles. The minimum absolute atomic E-state index is 0.132. The van der Waals surface area contributed by atoms with Gasteiger partial charge in [0.2, 0.25) is 5.91 Å². The second-order valence-corrected chi connectivity index (χ2v) is 5.27. The highest BCUT2D eigenvalue weighted by Crippen LogP contribution is 2.30. The average Bonchev–Trinajstić information content (AvgIpc) is 2.93. The normalized spacial score (nSPS) is 16.6. The third kappa shape index (κ3) is 4.59. The zero-order valence-electron chi connectivity index (χ0n) is 13.5. The summed E-state index contributed by atoms with van der Waals surface area (Å²) >= 11 is 0. The lowest BCUT2D eigenvalue weighted by Gasteiger charge is -2.35. The van der Waals surface area contributed by atoms with Crippen molar-refractivity contribution >= 4 is 5.91 Å². The number of hydrogen-bond donors (Lipinski definition) is 0. The number of carbonyl (C=O) groups excluding carboxylic acids is 1. The van der Waals surface area contributed by atoms with Crippen LogP contribution in [-0.2, 0) is 4.79 Å². The fourth-order valence-corrected chi connectivity index (χ4v) is 2.78. The lowest BCUT2D eigenvalue weighted by molar-refractivity contribution is -0.130. The van der Waals surface area contributed by atoms with Crippen molar-refractivity contribution in [1.82, 2.24) is 14.7 Å². The summed E-state index contributed by atoms with van der Waals surface area (Å²) in [4.78, 5) is 13.2. The van der Waals surface area contributed by atoms with Gasteiger partial charge in [0.15, 0.2) is 0 Å². The Bertz CT molecular complexity index is 481. The van der Waals surface area contributed by atoms with Gasteiger partial charge in [0.05, 0.1) is 24.7 Å². The predicted molar refractivity (Wildman–Crippen MR) is 82.6 cm³/mol. The Balaban J connectivity index is 0.00000106. The molecule has 1 unspecified atom stereocenters. The molecule has 1 amide bonds. The minimum atomic E-state index is 0.132. The summed E-state index contributed by atoms with van der Waals surface area (Å²) in [5, 5.41) is 13.4. The van der Waals surface area contributed by atoms with E-state index in [1.54, 1.807) is 6.92 Å². The molecule has 1 aromatic heterocycles. The maximum atomic E-state index is 11.3. The molecule has 0 aromatic carbocycles. The van der Waals surface area contributed by atoms with Crippen LogP contribution in [0.15, 0.2) is 12.4 Å². The number of likely N-dealkylation sites (tertiary alicyclic amines) is 1. The first-order chi connectivity index (χ1) is 10.1. The number of rotatable bonds is 3. The van der Waals surface area contributed by atoms with Crippen molar-refractivity contribution in [2.75, 3.05) is 13.1 Å². The zero-order valence-corrected chi connectivity index (χ0v) is 13.5. The lowest BCUT2D eigenvalue weighted by Crippen LogP contribution is -2.39. The van der Waals surface area contributed by atoms with E-state index in [-0.39, 0.29) is 11.9 Å². The molecule has 1 atom stereocenters. The summed E-state index contributed by atoms with van der Waals surface area (Å²) in [6.07, 6.45) is 6.20. The van der Waals surface area contributed by atoms with Crippen LogP contribution in [0.5, 0.6) is 0 Å². The van der Waals surface area contributed by atoms with E-state index >= 15 is 0 Å². The molecule has 0 aliphatic carbocycles. The van der Waals surface area contributed by atoms with E-state index in [9.17, 15) is 4.79 Å². The van der Waals surface area contributed by atoms with Crippen LogP contribution in [0.2, 0.25) is 0 Å². The minimum Gasteiger partial charge on any atom is -0.343 e. The third-order valence-electron chi connectivity index (χ3n) is 3.90. The van der Waals surface area contributed by atoms with Gasteiger partial charge in [-0.1, -0.05) is 13.8 Å². The van der Waals surface area contributed by atoms with Gasteiger partial charge in [0, 0.05) is 26.2 Å². The quantitative estimate of drug-likeness (QED) is 0.860. The Kier molecular flexibility index (Phi) is 6.93. The van der Waals surface area contributed by atoms with Crippen LogP contribution in [0.3, 0.4) is 0 Å². The molecule has 1 saturated heterocycles.